The number of hydrogen-bond donors (Lipinski definition) is 1. The molecule has 0 unspecified atom stereocenters. The molecule has 1 N–H and O–H groups in total. The van der Waals surface area contributed by atoms with E-state index in [1.54, 1.807) is 48.8 Å². The molecule has 1 aromatic heterocycles. The summed E-state index contributed by atoms with van der Waals surface area (Å²) in [5.74, 6) is -0.184. The van der Waals surface area contributed by atoms with Crippen LogP contribution in [0.5, 0.6) is 5.75 Å². The maximum atomic E-state index is 12.2. The predicted molar refractivity (Wildman–Crippen MR) is 104 cm³/mol. The molecule has 0 atom stereocenters. The van der Waals surface area contributed by atoms with E-state index in [4.69, 9.17) is 4.74 Å². The first-order chi connectivity index (χ1) is 13.0. The Hall–Kier alpha value is -3.47. The smallest absolute Gasteiger partial charge is 0.315 e. The van der Waals surface area contributed by atoms with Crippen LogP contribution in [-0.2, 0) is 11.2 Å². The van der Waals surface area contributed by atoms with Crippen LogP contribution in [0.15, 0.2) is 67.0 Å². The van der Waals surface area contributed by atoms with Gasteiger partial charge in [-0.05, 0) is 61.4 Å². The summed E-state index contributed by atoms with van der Waals surface area (Å²) in [4.78, 5) is 28.4. The Kier molecular flexibility index (Phi) is 5.61. The normalized spacial score (nSPS) is 10.3. The molecular formula is C22H20N2O3. The van der Waals surface area contributed by atoms with Crippen molar-refractivity contribution in [1.82, 2.24) is 4.98 Å². The van der Waals surface area contributed by atoms with Gasteiger partial charge in [-0.1, -0.05) is 23.8 Å². The van der Waals surface area contributed by atoms with E-state index in [2.05, 4.69) is 10.3 Å². The molecular weight excluding hydrogens is 340 g/mol. The van der Waals surface area contributed by atoms with Crippen molar-refractivity contribution in [3.8, 4) is 5.75 Å². The van der Waals surface area contributed by atoms with Crippen LogP contribution in [0.3, 0.4) is 0 Å². The average molecular weight is 360 g/mol. The van der Waals surface area contributed by atoms with E-state index >= 15 is 0 Å². The van der Waals surface area contributed by atoms with Crippen LogP contribution in [0.2, 0.25) is 0 Å². The number of carbonyl (C=O) groups is 2. The number of nitrogens with zero attached hydrogens (tertiary/aromatic N) is 1. The van der Waals surface area contributed by atoms with Gasteiger partial charge in [0.2, 0.25) is 0 Å². The van der Waals surface area contributed by atoms with Gasteiger partial charge in [-0.25, -0.2) is 0 Å². The summed E-state index contributed by atoms with van der Waals surface area (Å²) < 4.78 is 5.39. The first-order valence-corrected chi connectivity index (χ1v) is 8.59. The summed E-state index contributed by atoms with van der Waals surface area (Å²) in [6.07, 6.45) is 3.41. The Bertz CT molecular complexity index is 951. The lowest BCUT2D eigenvalue weighted by Crippen LogP contribution is -2.13. The van der Waals surface area contributed by atoms with Gasteiger partial charge in [0.25, 0.3) is 5.91 Å². The third-order valence-corrected chi connectivity index (χ3v) is 4.11. The van der Waals surface area contributed by atoms with E-state index < -0.39 is 0 Å². The van der Waals surface area contributed by atoms with Crippen LogP contribution in [0.1, 0.15) is 27.0 Å². The second-order valence-electron chi connectivity index (χ2n) is 6.30. The molecule has 0 aliphatic heterocycles. The molecule has 3 aromatic rings. The molecule has 0 saturated heterocycles. The van der Waals surface area contributed by atoms with Gasteiger partial charge in [0.1, 0.15) is 5.75 Å². The van der Waals surface area contributed by atoms with Crippen LogP contribution in [0.4, 0.5) is 5.69 Å². The van der Waals surface area contributed by atoms with E-state index in [-0.39, 0.29) is 18.3 Å². The van der Waals surface area contributed by atoms with Gasteiger partial charge < -0.3 is 10.1 Å². The molecule has 0 aliphatic rings. The zero-order chi connectivity index (χ0) is 19.2. The van der Waals surface area contributed by atoms with Crippen LogP contribution >= 0.6 is 0 Å². The number of pyridine rings is 1. The van der Waals surface area contributed by atoms with Crippen molar-refractivity contribution in [2.75, 3.05) is 5.32 Å². The Morgan fingerprint density at radius 2 is 1.81 bits per heavy atom. The summed E-state index contributed by atoms with van der Waals surface area (Å²) in [7, 11) is 0. The predicted octanol–water partition coefficient (Wildman–Crippen LogP) is 4.10. The summed E-state index contributed by atoms with van der Waals surface area (Å²) in [5.41, 5.74) is 4.19. The maximum Gasteiger partial charge on any atom is 0.315 e. The maximum absolute atomic E-state index is 12.2. The molecule has 0 saturated carbocycles. The first kappa shape index (κ1) is 18.3. The van der Waals surface area contributed by atoms with E-state index in [0.717, 1.165) is 16.7 Å². The van der Waals surface area contributed by atoms with E-state index in [1.807, 2.05) is 32.0 Å². The zero-order valence-electron chi connectivity index (χ0n) is 15.2. The van der Waals surface area contributed by atoms with Crippen molar-refractivity contribution in [2.45, 2.75) is 20.3 Å². The van der Waals surface area contributed by atoms with Gasteiger partial charge in [0, 0.05) is 11.8 Å². The van der Waals surface area contributed by atoms with Gasteiger partial charge in [-0.2, -0.15) is 0 Å². The molecule has 0 bridgehead atoms. The number of amides is 1. The highest BCUT2D eigenvalue weighted by molar-refractivity contribution is 6.04. The van der Waals surface area contributed by atoms with Gasteiger partial charge in [-0.3, -0.25) is 14.6 Å². The Morgan fingerprint density at radius 3 is 2.52 bits per heavy atom. The van der Waals surface area contributed by atoms with E-state index in [0.29, 0.717) is 17.0 Å². The Balaban J connectivity index is 1.61. The number of hydrogen-bond acceptors (Lipinski definition) is 4. The summed E-state index contributed by atoms with van der Waals surface area (Å²) in [5, 5.41) is 2.75. The van der Waals surface area contributed by atoms with Crippen LogP contribution < -0.4 is 10.1 Å². The molecule has 0 fully saturated rings. The van der Waals surface area contributed by atoms with Crippen molar-refractivity contribution in [2.24, 2.45) is 0 Å². The SMILES string of the molecule is Cc1ccc(C)c(CC(=O)Oc2ccc(C(=O)Nc3cccnc3)cc2)c1. The molecule has 0 aliphatic carbocycles. The summed E-state index contributed by atoms with van der Waals surface area (Å²) in [6, 6.07) is 16.0. The fraction of sp³-hybridized carbons (Fsp3) is 0.136. The van der Waals surface area contributed by atoms with Crippen LogP contribution in [-0.4, -0.2) is 16.9 Å². The largest absolute Gasteiger partial charge is 0.426 e. The number of benzene rings is 2. The number of anilines is 1. The molecule has 5 heteroatoms. The fourth-order valence-corrected chi connectivity index (χ4v) is 2.63. The van der Waals surface area contributed by atoms with Gasteiger partial charge in [0.05, 0.1) is 18.3 Å². The molecule has 3 rings (SSSR count). The molecule has 0 radical (unpaired) electrons. The fourth-order valence-electron chi connectivity index (χ4n) is 2.63. The number of ether oxygens (including phenoxy) is 1. The minimum atomic E-state index is -0.337. The average Bonchev–Trinajstić information content (AvgIpc) is 2.66. The number of rotatable bonds is 5. The zero-order valence-corrected chi connectivity index (χ0v) is 15.2. The van der Waals surface area contributed by atoms with Crippen molar-refractivity contribution in [3.05, 3.63) is 89.2 Å². The molecule has 1 amide bonds. The quantitative estimate of drug-likeness (QED) is 0.549. The summed E-state index contributed by atoms with van der Waals surface area (Å²) >= 11 is 0. The van der Waals surface area contributed by atoms with Crippen LogP contribution in [0, 0.1) is 13.8 Å². The molecule has 1 heterocycles. The van der Waals surface area contributed by atoms with Crippen molar-refractivity contribution in [3.63, 3.8) is 0 Å². The lowest BCUT2D eigenvalue weighted by atomic mass is 10.0. The third kappa shape index (κ3) is 5.01. The minimum Gasteiger partial charge on any atom is -0.426 e. The number of aromatic nitrogens is 1. The van der Waals surface area contributed by atoms with Crippen molar-refractivity contribution >= 4 is 17.6 Å². The topological polar surface area (TPSA) is 68.3 Å². The van der Waals surface area contributed by atoms with Gasteiger partial charge >= 0.3 is 5.97 Å². The third-order valence-electron chi connectivity index (χ3n) is 4.11. The standard InChI is InChI=1S/C22H20N2O3/c1-15-5-6-16(2)18(12-15)13-21(25)27-20-9-7-17(8-10-20)22(26)24-19-4-3-11-23-14-19/h3-12,14H,13H2,1-2H3,(H,24,26). The molecule has 0 spiro atoms. The second kappa shape index (κ2) is 8.27. The van der Waals surface area contributed by atoms with E-state index in [1.165, 1.54) is 0 Å². The highest BCUT2D eigenvalue weighted by Crippen LogP contribution is 2.16. The Labute approximate surface area is 158 Å². The highest BCUT2D eigenvalue weighted by Gasteiger charge is 2.11. The number of carbonyl (C=O) groups excluding carboxylic acids is 2. The highest BCUT2D eigenvalue weighted by atomic mass is 16.5. The number of esters is 1. The van der Waals surface area contributed by atoms with Gasteiger partial charge in [0.15, 0.2) is 0 Å². The Morgan fingerprint density at radius 1 is 1.04 bits per heavy atom. The molecule has 27 heavy (non-hydrogen) atoms. The van der Waals surface area contributed by atoms with Crippen molar-refractivity contribution in [1.29, 1.82) is 0 Å². The second-order valence-corrected chi connectivity index (χ2v) is 6.30. The number of nitrogens with one attached hydrogen (secondary N) is 1. The van der Waals surface area contributed by atoms with Crippen molar-refractivity contribution < 1.29 is 14.3 Å². The minimum absolute atomic E-state index is 0.205. The first-order valence-electron chi connectivity index (χ1n) is 8.59. The lowest BCUT2D eigenvalue weighted by Gasteiger charge is -2.09. The van der Waals surface area contributed by atoms with Crippen LogP contribution in [0.25, 0.3) is 0 Å². The summed E-state index contributed by atoms with van der Waals surface area (Å²) in [6.45, 7) is 3.96. The number of aryl methyl sites for hydroxylation is 2. The lowest BCUT2D eigenvalue weighted by molar-refractivity contribution is -0.133. The van der Waals surface area contributed by atoms with Gasteiger partial charge in [-0.15, -0.1) is 0 Å². The monoisotopic (exact) mass is 360 g/mol. The van der Waals surface area contributed by atoms with E-state index in [9.17, 15) is 9.59 Å². The molecule has 2 aromatic carbocycles. The molecule has 5 nitrogen and oxygen atoms in total. The molecule has 136 valence electrons.